The Hall–Kier alpha value is -1.76. The fourth-order valence-corrected chi connectivity index (χ4v) is 2.30. The predicted molar refractivity (Wildman–Crippen MR) is 67.1 cm³/mol. The molecule has 20 heavy (non-hydrogen) atoms. The molecule has 0 spiro atoms. The van der Waals surface area contributed by atoms with Gasteiger partial charge in [0.15, 0.2) is 0 Å². The largest absolute Gasteiger partial charge is 0.506 e. The number of phenolic OH excluding ortho intramolecular Hbond substituents is 1. The number of hydrogen-bond acceptors (Lipinski definition) is 3. The second kappa shape index (κ2) is 5.32. The van der Waals surface area contributed by atoms with Gasteiger partial charge in [0.25, 0.3) is 0 Å². The van der Waals surface area contributed by atoms with Gasteiger partial charge in [-0.15, -0.1) is 0 Å². The van der Waals surface area contributed by atoms with Crippen LogP contribution in [0.4, 0.5) is 18.9 Å². The number of amides is 1. The van der Waals surface area contributed by atoms with Crippen molar-refractivity contribution in [1.29, 1.82) is 0 Å². The molecule has 7 heteroatoms. The third-order valence-electron chi connectivity index (χ3n) is 3.43. The molecule has 1 aromatic carbocycles. The van der Waals surface area contributed by atoms with Gasteiger partial charge in [0, 0.05) is 12.0 Å². The number of carbonyl (C=O) groups excluding carboxylic acids is 1. The summed E-state index contributed by atoms with van der Waals surface area (Å²) in [5.74, 6) is -1.12. The Morgan fingerprint density at radius 3 is 2.60 bits per heavy atom. The fourth-order valence-electron chi connectivity index (χ4n) is 2.30. The van der Waals surface area contributed by atoms with E-state index >= 15 is 0 Å². The maximum atomic E-state index is 12.6. The van der Waals surface area contributed by atoms with E-state index in [0.29, 0.717) is 19.3 Å². The summed E-state index contributed by atoms with van der Waals surface area (Å²) in [5.41, 5.74) is 4.54. The van der Waals surface area contributed by atoms with Crippen molar-refractivity contribution in [2.45, 2.75) is 31.5 Å². The number of anilines is 1. The smallest absolute Gasteiger partial charge is 0.416 e. The van der Waals surface area contributed by atoms with E-state index in [1.54, 1.807) is 0 Å². The molecule has 0 bridgehead atoms. The van der Waals surface area contributed by atoms with Gasteiger partial charge in [0.05, 0.1) is 11.3 Å². The number of halogens is 3. The second-order valence-corrected chi connectivity index (χ2v) is 4.99. The summed E-state index contributed by atoms with van der Waals surface area (Å²) in [6.45, 7) is 0. The van der Waals surface area contributed by atoms with Crippen molar-refractivity contribution in [3.8, 4) is 5.75 Å². The van der Waals surface area contributed by atoms with Crippen LogP contribution < -0.4 is 11.1 Å². The van der Waals surface area contributed by atoms with Crippen LogP contribution in [0.25, 0.3) is 0 Å². The zero-order valence-corrected chi connectivity index (χ0v) is 10.6. The molecule has 1 saturated carbocycles. The summed E-state index contributed by atoms with van der Waals surface area (Å²) in [5, 5.41) is 11.9. The first-order valence-corrected chi connectivity index (χ1v) is 6.24. The van der Waals surface area contributed by atoms with Crippen LogP contribution in [0.5, 0.6) is 5.75 Å². The number of nitrogens with one attached hydrogen (secondary N) is 1. The van der Waals surface area contributed by atoms with E-state index in [1.165, 1.54) is 0 Å². The molecule has 1 aliphatic rings. The molecular weight excluding hydrogens is 273 g/mol. The normalized spacial score (nSPS) is 22.8. The SMILES string of the molecule is NC1CCC(C(=O)Nc2cc(C(F)(F)F)ccc2O)C1. The molecule has 2 atom stereocenters. The molecule has 0 saturated heterocycles. The van der Waals surface area contributed by atoms with Crippen molar-refractivity contribution in [3.05, 3.63) is 23.8 Å². The molecule has 110 valence electrons. The molecule has 0 heterocycles. The summed E-state index contributed by atoms with van der Waals surface area (Å²) < 4.78 is 37.7. The van der Waals surface area contributed by atoms with Crippen LogP contribution in [0.15, 0.2) is 18.2 Å². The molecule has 1 aliphatic carbocycles. The van der Waals surface area contributed by atoms with Gasteiger partial charge in [0.1, 0.15) is 5.75 Å². The average Bonchev–Trinajstić information content (AvgIpc) is 2.77. The Morgan fingerprint density at radius 2 is 2.05 bits per heavy atom. The lowest BCUT2D eigenvalue weighted by Gasteiger charge is -2.14. The summed E-state index contributed by atoms with van der Waals surface area (Å²) in [6.07, 6.45) is -2.70. The second-order valence-electron chi connectivity index (χ2n) is 4.99. The summed E-state index contributed by atoms with van der Waals surface area (Å²) in [4.78, 5) is 11.9. The highest BCUT2D eigenvalue weighted by molar-refractivity contribution is 5.94. The number of hydrogen-bond donors (Lipinski definition) is 3. The third-order valence-corrected chi connectivity index (χ3v) is 3.43. The minimum atomic E-state index is -4.52. The van der Waals surface area contributed by atoms with Gasteiger partial charge in [-0.25, -0.2) is 0 Å². The van der Waals surface area contributed by atoms with Crippen LogP contribution in [-0.4, -0.2) is 17.1 Å². The monoisotopic (exact) mass is 288 g/mol. The number of carbonyl (C=O) groups is 1. The van der Waals surface area contributed by atoms with Gasteiger partial charge in [-0.1, -0.05) is 0 Å². The standard InChI is InChI=1S/C13H15F3N2O2/c14-13(15,16)8-2-4-11(19)10(6-8)18-12(20)7-1-3-9(17)5-7/h2,4,6-7,9,19H,1,3,5,17H2,(H,18,20). The molecule has 2 rings (SSSR count). The Labute approximate surface area is 113 Å². The summed E-state index contributed by atoms with van der Waals surface area (Å²) in [7, 11) is 0. The van der Waals surface area contributed by atoms with Gasteiger partial charge in [0.2, 0.25) is 5.91 Å². The summed E-state index contributed by atoms with van der Waals surface area (Å²) in [6, 6.07) is 2.35. The minimum absolute atomic E-state index is 0.0548. The van der Waals surface area contributed by atoms with Crippen LogP contribution in [0, 0.1) is 5.92 Å². The third kappa shape index (κ3) is 3.22. The molecule has 0 aromatic heterocycles. The van der Waals surface area contributed by atoms with Crippen LogP contribution >= 0.6 is 0 Å². The van der Waals surface area contributed by atoms with E-state index in [-0.39, 0.29) is 17.6 Å². The molecule has 1 aromatic rings. The Bertz CT molecular complexity index is 517. The van der Waals surface area contributed by atoms with Gasteiger partial charge in [-0.3, -0.25) is 4.79 Å². The van der Waals surface area contributed by atoms with Gasteiger partial charge < -0.3 is 16.2 Å². The quantitative estimate of drug-likeness (QED) is 0.732. The minimum Gasteiger partial charge on any atom is -0.506 e. The molecular formula is C13H15F3N2O2. The highest BCUT2D eigenvalue weighted by Gasteiger charge is 2.32. The van der Waals surface area contributed by atoms with Crippen molar-refractivity contribution < 1.29 is 23.1 Å². The van der Waals surface area contributed by atoms with E-state index in [0.717, 1.165) is 18.2 Å². The molecule has 0 radical (unpaired) electrons. The van der Waals surface area contributed by atoms with Crippen molar-refractivity contribution in [1.82, 2.24) is 0 Å². The Morgan fingerprint density at radius 1 is 1.35 bits per heavy atom. The molecule has 0 aliphatic heterocycles. The first-order chi connectivity index (χ1) is 9.27. The number of phenols is 1. The topological polar surface area (TPSA) is 75.4 Å². The lowest BCUT2D eigenvalue weighted by atomic mass is 10.1. The molecule has 4 N–H and O–H groups in total. The molecule has 2 unspecified atom stereocenters. The maximum absolute atomic E-state index is 12.6. The van der Waals surface area contributed by atoms with Crippen LogP contribution in [-0.2, 0) is 11.0 Å². The van der Waals surface area contributed by atoms with Crippen molar-refractivity contribution in [3.63, 3.8) is 0 Å². The Kier molecular flexibility index (Phi) is 3.89. The molecule has 4 nitrogen and oxygen atoms in total. The maximum Gasteiger partial charge on any atom is 0.416 e. The van der Waals surface area contributed by atoms with Crippen LogP contribution in [0.2, 0.25) is 0 Å². The van der Waals surface area contributed by atoms with Crippen molar-refractivity contribution in [2.75, 3.05) is 5.32 Å². The molecule has 1 amide bonds. The number of aromatic hydroxyl groups is 1. The van der Waals surface area contributed by atoms with Crippen LogP contribution in [0.1, 0.15) is 24.8 Å². The molecule has 1 fully saturated rings. The lowest BCUT2D eigenvalue weighted by molar-refractivity contribution is -0.137. The van der Waals surface area contributed by atoms with E-state index in [9.17, 15) is 23.1 Å². The first kappa shape index (κ1) is 14.6. The first-order valence-electron chi connectivity index (χ1n) is 6.24. The van der Waals surface area contributed by atoms with Gasteiger partial charge in [-0.05, 0) is 37.5 Å². The number of rotatable bonds is 2. The van der Waals surface area contributed by atoms with E-state index in [4.69, 9.17) is 5.73 Å². The van der Waals surface area contributed by atoms with E-state index in [2.05, 4.69) is 5.32 Å². The fraction of sp³-hybridized carbons (Fsp3) is 0.462. The van der Waals surface area contributed by atoms with Gasteiger partial charge >= 0.3 is 6.18 Å². The Balaban J connectivity index is 2.14. The van der Waals surface area contributed by atoms with Crippen molar-refractivity contribution in [2.24, 2.45) is 11.7 Å². The zero-order chi connectivity index (χ0) is 14.9. The highest BCUT2D eigenvalue weighted by atomic mass is 19.4. The predicted octanol–water partition coefficient (Wildman–Crippen LogP) is 2.48. The van der Waals surface area contributed by atoms with E-state index < -0.39 is 23.4 Å². The number of benzene rings is 1. The summed E-state index contributed by atoms with van der Waals surface area (Å²) >= 11 is 0. The number of alkyl halides is 3. The van der Waals surface area contributed by atoms with Crippen LogP contribution in [0.3, 0.4) is 0 Å². The number of nitrogens with two attached hydrogens (primary N) is 1. The highest BCUT2D eigenvalue weighted by Crippen LogP contribution is 2.35. The van der Waals surface area contributed by atoms with Gasteiger partial charge in [-0.2, -0.15) is 13.2 Å². The van der Waals surface area contributed by atoms with E-state index in [1.807, 2.05) is 0 Å². The average molecular weight is 288 g/mol. The lowest BCUT2D eigenvalue weighted by Crippen LogP contribution is -2.23. The van der Waals surface area contributed by atoms with Crippen molar-refractivity contribution >= 4 is 11.6 Å². The zero-order valence-electron chi connectivity index (χ0n) is 10.6.